The summed E-state index contributed by atoms with van der Waals surface area (Å²) in [5.41, 5.74) is 6.68. The Bertz CT molecular complexity index is 2170. The zero-order valence-corrected chi connectivity index (χ0v) is 20.1. The zero-order valence-electron chi connectivity index (χ0n) is 20.1. The minimum absolute atomic E-state index is 0.169. The maximum Gasteiger partial charge on any atom is 0.266 e. The topological polar surface area (TPSA) is 56.9 Å². The molecule has 8 rings (SSSR count). The van der Waals surface area contributed by atoms with Crippen molar-refractivity contribution in [1.29, 1.82) is 0 Å². The van der Waals surface area contributed by atoms with Crippen LogP contribution in [-0.4, -0.2) is 19.9 Å². The molecule has 2 aromatic heterocycles. The molecule has 38 heavy (non-hydrogen) atoms. The SMILES string of the molecule is O=C1c2cc(-c3ccc4c(c3)c3ccccc3n4-c3ccccc3)ccc2-n2c1nc1ccccc1c2=O. The van der Waals surface area contributed by atoms with Crippen molar-refractivity contribution in [1.82, 2.24) is 14.1 Å². The van der Waals surface area contributed by atoms with E-state index in [4.69, 9.17) is 0 Å². The van der Waals surface area contributed by atoms with Crippen molar-refractivity contribution in [3.63, 3.8) is 0 Å². The van der Waals surface area contributed by atoms with Crippen LogP contribution >= 0.6 is 0 Å². The van der Waals surface area contributed by atoms with Crippen LogP contribution in [0.3, 0.4) is 0 Å². The molecule has 7 aromatic rings. The summed E-state index contributed by atoms with van der Waals surface area (Å²) in [6, 6.07) is 38.0. The Hall–Kier alpha value is -5.29. The van der Waals surface area contributed by atoms with Gasteiger partial charge in [-0.25, -0.2) is 4.98 Å². The number of aromatic nitrogens is 3. The van der Waals surface area contributed by atoms with Gasteiger partial charge < -0.3 is 4.57 Å². The van der Waals surface area contributed by atoms with Crippen LogP contribution in [0.4, 0.5) is 0 Å². The molecule has 0 aliphatic carbocycles. The Kier molecular flexibility index (Phi) is 4.17. The monoisotopic (exact) mass is 489 g/mol. The first-order valence-corrected chi connectivity index (χ1v) is 12.5. The Labute approximate surface area is 216 Å². The van der Waals surface area contributed by atoms with Crippen molar-refractivity contribution < 1.29 is 4.79 Å². The van der Waals surface area contributed by atoms with Crippen LogP contribution < -0.4 is 5.56 Å². The molecule has 1 aliphatic rings. The van der Waals surface area contributed by atoms with Crippen LogP contribution in [0.2, 0.25) is 0 Å². The minimum atomic E-state index is -0.230. The van der Waals surface area contributed by atoms with E-state index in [2.05, 4.69) is 64.1 Å². The summed E-state index contributed by atoms with van der Waals surface area (Å²) in [5, 5.41) is 2.81. The lowest BCUT2D eigenvalue weighted by molar-refractivity contribution is 0.103. The maximum absolute atomic E-state index is 13.4. The zero-order chi connectivity index (χ0) is 25.4. The second kappa shape index (κ2) is 7.60. The van der Waals surface area contributed by atoms with Gasteiger partial charge in [-0.15, -0.1) is 0 Å². The molecule has 5 nitrogen and oxygen atoms in total. The van der Waals surface area contributed by atoms with Crippen LogP contribution in [0.15, 0.2) is 120 Å². The van der Waals surface area contributed by atoms with Crippen molar-refractivity contribution in [2.75, 3.05) is 0 Å². The number of para-hydroxylation sites is 3. The van der Waals surface area contributed by atoms with Crippen LogP contribution in [-0.2, 0) is 0 Å². The van der Waals surface area contributed by atoms with Gasteiger partial charge in [0.1, 0.15) is 0 Å². The predicted molar refractivity (Wildman–Crippen MR) is 151 cm³/mol. The molecule has 5 heteroatoms. The normalized spacial score (nSPS) is 12.4. The number of hydrogen-bond donors (Lipinski definition) is 0. The van der Waals surface area contributed by atoms with Crippen molar-refractivity contribution in [2.45, 2.75) is 0 Å². The molecule has 0 amide bonds. The van der Waals surface area contributed by atoms with Crippen molar-refractivity contribution in [3.8, 4) is 22.5 Å². The van der Waals surface area contributed by atoms with Crippen molar-refractivity contribution >= 4 is 38.5 Å². The van der Waals surface area contributed by atoms with Gasteiger partial charge in [0.2, 0.25) is 5.78 Å². The molecule has 0 unspecified atom stereocenters. The molecule has 178 valence electrons. The number of ketones is 1. The van der Waals surface area contributed by atoms with Gasteiger partial charge in [0.05, 0.1) is 33.2 Å². The average Bonchev–Trinajstić information content (AvgIpc) is 3.45. The van der Waals surface area contributed by atoms with E-state index in [1.165, 1.54) is 9.95 Å². The number of benzene rings is 5. The van der Waals surface area contributed by atoms with E-state index in [0.717, 1.165) is 33.2 Å². The van der Waals surface area contributed by atoms with E-state index in [-0.39, 0.29) is 17.2 Å². The molecule has 3 heterocycles. The molecule has 0 saturated carbocycles. The number of hydrogen-bond acceptors (Lipinski definition) is 3. The fraction of sp³-hybridized carbons (Fsp3) is 0. The summed E-state index contributed by atoms with van der Waals surface area (Å²) in [7, 11) is 0. The molecule has 0 bridgehead atoms. The fourth-order valence-corrected chi connectivity index (χ4v) is 5.73. The quantitative estimate of drug-likeness (QED) is 0.272. The highest BCUT2D eigenvalue weighted by molar-refractivity contribution is 6.14. The molecule has 0 spiro atoms. The van der Waals surface area contributed by atoms with Crippen LogP contribution in [0.5, 0.6) is 0 Å². The number of carbonyl (C=O) groups excluding carboxylic acids is 1. The molecule has 0 fully saturated rings. The van der Waals surface area contributed by atoms with Crippen LogP contribution in [0, 0.1) is 0 Å². The second-order valence-corrected chi connectivity index (χ2v) is 9.57. The molecule has 0 radical (unpaired) electrons. The summed E-state index contributed by atoms with van der Waals surface area (Å²) in [6.45, 7) is 0. The van der Waals surface area contributed by atoms with E-state index in [1.54, 1.807) is 12.1 Å². The molecule has 1 aliphatic heterocycles. The van der Waals surface area contributed by atoms with E-state index in [9.17, 15) is 9.59 Å². The van der Waals surface area contributed by atoms with E-state index < -0.39 is 0 Å². The molecule has 5 aromatic carbocycles. The Balaban J connectivity index is 1.31. The smallest absolute Gasteiger partial charge is 0.266 e. The highest BCUT2D eigenvalue weighted by atomic mass is 16.1. The number of fused-ring (bicyclic) bond motifs is 7. The second-order valence-electron chi connectivity index (χ2n) is 9.57. The van der Waals surface area contributed by atoms with Gasteiger partial charge in [-0.2, -0.15) is 0 Å². The minimum Gasteiger partial charge on any atom is -0.309 e. The largest absolute Gasteiger partial charge is 0.309 e. The van der Waals surface area contributed by atoms with Crippen molar-refractivity contribution in [2.24, 2.45) is 0 Å². The van der Waals surface area contributed by atoms with Gasteiger partial charge in [-0.1, -0.05) is 60.7 Å². The van der Waals surface area contributed by atoms with E-state index in [1.807, 2.05) is 48.5 Å². The molecule has 0 N–H and O–H groups in total. The van der Waals surface area contributed by atoms with Gasteiger partial charge in [-0.3, -0.25) is 14.2 Å². The molecular weight excluding hydrogens is 470 g/mol. The standard InChI is InChI=1S/C33H19N3O2/c37-31-26-19-21(15-17-30(26)36-32(31)34-27-12-6-4-11-24(27)33(36)38)20-14-16-29-25(18-20)23-10-5-7-13-28(23)35(29)22-8-2-1-3-9-22/h1-19H. The maximum atomic E-state index is 13.4. The predicted octanol–water partition coefficient (Wildman–Crippen LogP) is 6.69. The average molecular weight is 490 g/mol. The van der Waals surface area contributed by atoms with E-state index >= 15 is 0 Å². The Morgan fingerprint density at radius 2 is 1.24 bits per heavy atom. The number of carbonyl (C=O) groups is 1. The molecule has 0 atom stereocenters. The van der Waals surface area contributed by atoms with Gasteiger partial charge in [-0.05, 0) is 65.7 Å². The number of nitrogens with zero attached hydrogens (tertiary/aromatic N) is 3. The third kappa shape index (κ3) is 2.78. The van der Waals surface area contributed by atoms with Crippen molar-refractivity contribution in [3.05, 3.63) is 137 Å². The highest BCUT2D eigenvalue weighted by Crippen LogP contribution is 2.36. The van der Waals surface area contributed by atoms with Gasteiger partial charge in [0.15, 0.2) is 5.82 Å². The summed E-state index contributed by atoms with van der Waals surface area (Å²) < 4.78 is 3.72. The van der Waals surface area contributed by atoms with Crippen LogP contribution in [0.25, 0.3) is 55.2 Å². The fourth-order valence-electron chi connectivity index (χ4n) is 5.73. The lowest BCUT2D eigenvalue weighted by atomic mass is 9.99. The van der Waals surface area contributed by atoms with Crippen LogP contribution in [0.1, 0.15) is 16.2 Å². The lowest BCUT2D eigenvalue weighted by Gasteiger charge is -2.09. The molecule has 0 saturated heterocycles. The first kappa shape index (κ1) is 20.9. The van der Waals surface area contributed by atoms with E-state index in [0.29, 0.717) is 22.2 Å². The van der Waals surface area contributed by atoms with Gasteiger partial charge in [0.25, 0.3) is 5.56 Å². The Morgan fingerprint density at radius 1 is 0.553 bits per heavy atom. The summed E-state index contributed by atoms with van der Waals surface area (Å²) in [4.78, 5) is 31.2. The third-order valence-electron chi connectivity index (χ3n) is 7.48. The van der Waals surface area contributed by atoms with Gasteiger partial charge >= 0.3 is 0 Å². The number of rotatable bonds is 2. The first-order chi connectivity index (χ1) is 18.7. The Morgan fingerprint density at radius 3 is 2.11 bits per heavy atom. The van der Waals surface area contributed by atoms with Gasteiger partial charge in [0, 0.05) is 16.5 Å². The summed E-state index contributed by atoms with van der Waals surface area (Å²) >= 11 is 0. The summed E-state index contributed by atoms with van der Waals surface area (Å²) in [5.74, 6) is -0.0614. The highest BCUT2D eigenvalue weighted by Gasteiger charge is 2.30. The lowest BCUT2D eigenvalue weighted by Crippen LogP contribution is -2.21. The summed E-state index contributed by atoms with van der Waals surface area (Å²) in [6.07, 6.45) is 0. The molecular formula is C33H19N3O2. The first-order valence-electron chi connectivity index (χ1n) is 12.5. The third-order valence-corrected chi connectivity index (χ3v) is 7.48.